The van der Waals surface area contributed by atoms with Crippen LogP contribution in [0.25, 0.3) is 33.4 Å². The number of rotatable bonds is 3. The lowest BCUT2D eigenvalue weighted by molar-refractivity contribution is -0.132. The van der Waals surface area contributed by atoms with Crippen molar-refractivity contribution in [3.05, 3.63) is 42.6 Å². The normalized spacial score (nSPS) is 15.5. The van der Waals surface area contributed by atoms with Crippen molar-refractivity contribution >= 4 is 39.7 Å². The fourth-order valence-corrected chi connectivity index (χ4v) is 3.91. The molecule has 0 unspecified atom stereocenters. The zero-order valence-corrected chi connectivity index (χ0v) is 17.2. The maximum atomic E-state index is 12.1. The second kappa shape index (κ2) is 7.51. The lowest BCUT2D eigenvalue weighted by Crippen LogP contribution is -2.52. The Bertz CT molecular complexity index is 1280. The second-order valence-corrected chi connectivity index (χ2v) is 7.76. The molecule has 31 heavy (non-hydrogen) atoms. The van der Waals surface area contributed by atoms with Crippen molar-refractivity contribution in [1.82, 2.24) is 19.9 Å². The largest absolute Gasteiger partial charge is 0.424 e. The molecule has 1 aliphatic rings. The number of fused-ring (bicyclic) bond motifs is 2. The maximum absolute atomic E-state index is 12.1. The number of anilines is 2. The molecule has 0 radical (unpaired) electrons. The third-order valence-corrected chi connectivity index (χ3v) is 5.57. The number of oxazole rings is 1. The zero-order valence-electron chi connectivity index (χ0n) is 17.2. The number of aromatic nitrogens is 3. The minimum Gasteiger partial charge on any atom is -0.424 e. The molecule has 1 amide bonds. The molecule has 5 rings (SSSR count). The number of nitrogens with two attached hydrogens (primary N) is 2. The summed E-state index contributed by atoms with van der Waals surface area (Å²) in [4.78, 5) is 29.7. The highest BCUT2D eigenvalue weighted by atomic mass is 16.4. The van der Waals surface area contributed by atoms with E-state index in [1.54, 1.807) is 6.92 Å². The third-order valence-electron chi connectivity index (χ3n) is 5.57. The van der Waals surface area contributed by atoms with Gasteiger partial charge in [0.15, 0.2) is 5.58 Å². The SMILES string of the molecule is C[C@H](N)C(=O)N1CCN(c2cnc3ccc(-c4ccc5oc(N)nc5c4)nc3c2)CC1. The molecular weight excluding hydrogens is 394 g/mol. The molecule has 1 saturated heterocycles. The molecule has 1 fully saturated rings. The molecule has 0 bridgehead atoms. The van der Waals surface area contributed by atoms with Crippen LogP contribution < -0.4 is 16.4 Å². The van der Waals surface area contributed by atoms with Gasteiger partial charge in [0, 0.05) is 31.7 Å². The maximum Gasteiger partial charge on any atom is 0.292 e. The van der Waals surface area contributed by atoms with Crippen molar-refractivity contribution in [2.24, 2.45) is 5.73 Å². The van der Waals surface area contributed by atoms with E-state index in [-0.39, 0.29) is 11.9 Å². The van der Waals surface area contributed by atoms with Crippen LogP contribution in [0.5, 0.6) is 0 Å². The molecular formula is C22H23N7O2. The van der Waals surface area contributed by atoms with Gasteiger partial charge in [-0.2, -0.15) is 4.98 Å². The van der Waals surface area contributed by atoms with Gasteiger partial charge in [0.05, 0.1) is 34.7 Å². The summed E-state index contributed by atoms with van der Waals surface area (Å²) in [6, 6.07) is 11.3. The van der Waals surface area contributed by atoms with Gasteiger partial charge in [0.25, 0.3) is 6.01 Å². The average molecular weight is 417 g/mol. The smallest absolute Gasteiger partial charge is 0.292 e. The van der Waals surface area contributed by atoms with Gasteiger partial charge >= 0.3 is 0 Å². The van der Waals surface area contributed by atoms with Gasteiger partial charge in [-0.1, -0.05) is 0 Å². The molecule has 9 heteroatoms. The number of nitrogen functional groups attached to an aromatic ring is 1. The molecule has 4 aromatic rings. The van der Waals surface area contributed by atoms with E-state index < -0.39 is 6.04 Å². The summed E-state index contributed by atoms with van der Waals surface area (Å²) in [7, 11) is 0. The molecule has 3 aromatic heterocycles. The lowest BCUT2D eigenvalue weighted by atomic mass is 10.1. The quantitative estimate of drug-likeness (QED) is 0.518. The minimum absolute atomic E-state index is 0.00608. The van der Waals surface area contributed by atoms with Gasteiger partial charge in [0.1, 0.15) is 5.52 Å². The van der Waals surface area contributed by atoms with E-state index in [4.69, 9.17) is 20.9 Å². The van der Waals surface area contributed by atoms with Gasteiger partial charge < -0.3 is 25.7 Å². The Morgan fingerprint density at radius 1 is 1.03 bits per heavy atom. The second-order valence-electron chi connectivity index (χ2n) is 7.76. The van der Waals surface area contributed by atoms with Crippen molar-refractivity contribution in [1.29, 1.82) is 0 Å². The Balaban J connectivity index is 1.41. The number of carbonyl (C=O) groups is 1. The summed E-state index contributed by atoms with van der Waals surface area (Å²) in [5, 5.41) is 0. The fraction of sp³-hybridized carbons (Fsp3) is 0.273. The van der Waals surface area contributed by atoms with E-state index in [2.05, 4.69) is 14.9 Å². The minimum atomic E-state index is -0.468. The van der Waals surface area contributed by atoms with Gasteiger partial charge in [-0.25, -0.2) is 4.98 Å². The first-order valence-electron chi connectivity index (χ1n) is 10.2. The standard InChI is InChI=1S/C22H23N7O2/c1-13(23)21(30)29-8-6-28(7-9-29)15-11-18-17(25-12-15)4-3-16(26-18)14-2-5-20-19(10-14)27-22(24)31-20/h2-5,10-13H,6-9,23H2,1H3,(H2,24,27)/t13-/m0/s1. The number of hydrogen-bond donors (Lipinski definition) is 2. The molecule has 4 N–H and O–H groups in total. The number of nitrogens with zero attached hydrogens (tertiary/aromatic N) is 5. The molecule has 0 saturated carbocycles. The van der Waals surface area contributed by atoms with Crippen LogP contribution in [0.15, 0.2) is 47.0 Å². The molecule has 1 aromatic carbocycles. The van der Waals surface area contributed by atoms with E-state index in [1.165, 1.54) is 0 Å². The zero-order chi connectivity index (χ0) is 21.5. The number of benzene rings is 1. The first kappa shape index (κ1) is 19.3. The van der Waals surface area contributed by atoms with Crippen LogP contribution in [0, 0.1) is 0 Å². The Morgan fingerprint density at radius 2 is 1.84 bits per heavy atom. The highest BCUT2D eigenvalue weighted by Crippen LogP contribution is 2.27. The fourth-order valence-electron chi connectivity index (χ4n) is 3.91. The highest BCUT2D eigenvalue weighted by molar-refractivity contribution is 5.84. The van der Waals surface area contributed by atoms with E-state index in [1.807, 2.05) is 47.5 Å². The molecule has 1 atom stereocenters. The first-order chi connectivity index (χ1) is 15.0. The van der Waals surface area contributed by atoms with Crippen molar-refractivity contribution in [2.45, 2.75) is 13.0 Å². The summed E-state index contributed by atoms with van der Waals surface area (Å²) in [6.07, 6.45) is 1.86. The Labute approximate surface area is 178 Å². The van der Waals surface area contributed by atoms with Crippen molar-refractivity contribution in [3.8, 4) is 11.3 Å². The highest BCUT2D eigenvalue weighted by Gasteiger charge is 2.23. The number of piperazine rings is 1. The van der Waals surface area contributed by atoms with Gasteiger partial charge in [-0.05, 0) is 43.3 Å². The Kier molecular flexibility index (Phi) is 4.67. The van der Waals surface area contributed by atoms with Gasteiger partial charge in [-0.15, -0.1) is 0 Å². The summed E-state index contributed by atoms with van der Waals surface area (Å²) in [5.41, 5.74) is 17.1. The van der Waals surface area contributed by atoms with Crippen LogP contribution in [-0.2, 0) is 4.79 Å². The van der Waals surface area contributed by atoms with E-state index in [9.17, 15) is 4.79 Å². The van der Waals surface area contributed by atoms with Crippen LogP contribution in [0.3, 0.4) is 0 Å². The third kappa shape index (κ3) is 3.64. The Morgan fingerprint density at radius 3 is 2.61 bits per heavy atom. The van der Waals surface area contributed by atoms with Crippen molar-refractivity contribution < 1.29 is 9.21 Å². The summed E-state index contributed by atoms with van der Waals surface area (Å²) in [6.45, 7) is 4.48. The molecule has 0 aliphatic carbocycles. The van der Waals surface area contributed by atoms with Crippen LogP contribution in [0.4, 0.5) is 11.7 Å². The van der Waals surface area contributed by atoms with Crippen LogP contribution in [-0.4, -0.2) is 58.0 Å². The predicted molar refractivity (Wildman–Crippen MR) is 119 cm³/mol. The number of hydrogen-bond acceptors (Lipinski definition) is 8. The van der Waals surface area contributed by atoms with E-state index in [0.29, 0.717) is 24.2 Å². The average Bonchev–Trinajstić information content (AvgIpc) is 3.17. The van der Waals surface area contributed by atoms with Crippen molar-refractivity contribution in [3.63, 3.8) is 0 Å². The molecule has 1 aliphatic heterocycles. The summed E-state index contributed by atoms with van der Waals surface area (Å²) >= 11 is 0. The van der Waals surface area contributed by atoms with Crippen LogP contribution in [0.1, 0.15) is 6.92 Å². The monoisotopic (exact) mass is 417 g/mol. The van der Waals surface area contributed by atoms with E-state index in [0.717, 1.165) is 41.1 Å². The number of amides is 1. The summed E-state index contributed by atoms with van der Waals surface area (Å²) in [5.74, 6) is -0.00608. The van der Waals surface area contributed by atoms with Crippen LogP contribution >= 0.6 is 0 Å². The Hall–Kier alpha value is -3.72. The van der Waals surface area contributed by atoms with E-state index >= 15 is 0 Å². The molecule has 4 heterocycles. The van der Waals surface area contributed by atoms with Gasteiger partial charge in [0.2, 0.25) is 5.91 Å². The number of carbonyl (C=O) groups excluding carboxylic acids is 1. The number of pyridine rings is 2. The van der Waals surface area contributed by atoms with Gasteiger partial charge in [-0.3, -0.25) is 9.78 Å². The lowest BCUT2D eigenvalue weighted by Gasteiger charge is -2.36. The molecule has 158 valence electrons. The predicted octanol–water partition coefficient (Wildman–Crippen LogP) is 2.02. The van der Waals surface area contributed by atoms with Crippen molar-refractivity contribution in [2.75, 3.05) is 36.8 Å². The first-order valence-corrected chi connectivity index (χ1v) is 10.2. The summed E-state index contributed by atoms with van der Waals surface area (Å²) < 4.78 is 5.35. The molecule has 0 spiro atoms. The topological polar surface area (TPSA) is 127 Å². The van der Waals surface area contributed by atoms with Crippen LogP contribution in [0.2, 0.25) is 0 Å². The molecule has 9 nitrogen and oxygen atoms in total.